The standard InChI is InChI=1S/C16H20N2OS/c1-12-6-13(2)8-15(7-12)17-16(19)10-18(3)9-14-4-5-20-11-14/h4-8,11H,9-10H2,1-3H3,(H,17,19). The molecule has 0 saturated heterocycles. The van der Waals surface area contributed by atoms with Gasteiger partial charge in [0.25, 0.3) is 0 Å². The van der Waals surface area contributed by atoms with Crippen molar-refractivity contribution in [2.24, 2.45) is 0 Å². The number of anilines is 1. The van der Waals surface area contributed by atoms with E-state index in [0.717, 1.165) is 23.4 Å². The number of nitrogens with one attached hydrogen (secondary N) is 1. The summed E-state index contributed by atoms with van der Waals surface area (Å²) in [5, 5.41) is 7.12. The molecule has 0 bridgehead atoms. The third-order valence-electron chi connectivity index (χ3n) is 2.95. The molecule has 0 aliphatic heterocycles. The van der Waals surface area contributed by atoms with Crippen LogP contribution in [0.15, 0.2) is 35.0 Å². The van der Waals surface area contributed by atoms with Crippen molar-refractivity contribution in [1.82, 2.24) is 4.90 Å². The third kappa shape index (κ3) is 4.47. The number of carbonyl (C=O) groups is 1. The van der Waals surface area contributed by atoms with Crippen LogP contribution in [0.25, 0.3) is 0 Å². The van der Waals surface area contributed by atoms with Crippen LogP contribution in [-0.4, -0.2) is 24.4 Å². The molecule has 1 aromatic heterocycles. The Morgan fingerprint density at radius 2 is 1.95 bits per heavy atom. The van der Waals surface area contributed by atoms with Crippen LogP contribution in [0.1, 0.15) is 16.7 Å². The van der Waals surface area contributed by atoms with Gasteiger partial charge in [0, 0.05) is 12.2 Å². The maximum absolute atomic E-state index is 12.0. The summed E-state index contributed by atoms with van der Waals surface area (Å²) in [6.45, 7) is 5.25. The number of hydrogen-bond acceptors (Lipinski definition) is 3. The quantitative estimate of drug-likeness (QED) is 0.914. The molecule has 0 aliphatic rings. The fourth-order valence-corrected chi connectivity index (χ4v) is 2.90. The smallest absolute Gasteiger partial charge is 0.238 e. The summed E-state index contributed by atoms with van der Waals surface area (Å²) in [6, 6.07) is 8.16. The van der Waals surface area contributed by atoms with Gasteiger partial charge < -0.3 is 5.32 Å². The zero-order valence-corrected chi connectivity index (χ0v) is 13.0. The minimum atomic E-state index is 0.0210. The fraction of sp³-hybridized carbons (Fsp3) is 0.312. The SMILES string of the molecule is Cc1cc(C)cc(NC(=O)CN(C)Cc2ccsc2)c1. The van der Waals surface area contributed by atoms with Gasteiger partial charge in [-0.1, -0.05) is 6.07 Å². The zero-order valence-electron chi connectivity index (χ0n) is 12.1. The molecule has 1 N–H and O–H groups in total. The van der Waals surface area contributed by atoms with E-state index >= 15 is 0 Å². The molecule has 0 atom stereocenters. The lowest BCUT2D eigenvalue weighted by atomic mass is 10.1. The van der Waals surface area contributed by atoms with Crippen molar-refractivity contribution in [2.45, 2.75) is 20.4 Å². The van der Waals surface area contributed by atoms with Crippen LogP contribution in [-0.2, 0) is 11.3 Å². The normalized spacial score (nSPS) is 10.8. The van der Waals surface area contributed by atoms with E-state index in [0.29, 0.717) is 6.54 Å². The maximum atomic E-state index is 12.0. The Balaban J connectivity index is 1.88. The van der Waals surface area contributed by atoms with Crippen LogP contribution in [0, 0.1) is 13.8 Å². The summed E-state index contributed by atoms with van der Waals surface area (Å²) in [5.41, 5.74) is 4.44. The molecule has 3 nitrogen and oxygen atoms in total. The predicted octanol–water partition coefficient (Wildman–Crippen LogP) is 3.44. The molecule has 1 aromatic carbocycles. The zero-order chi connectivity index (χ0) is 14.5. The number of carbonyl (C=O) groups excluding carboxylic acids is 1. The molecule has 2 rings (SSSR count). The highest BCUT2D eigenvalue weighted by Crippen LogP contribution is 2.14. The fourth-order valence-electron chi connectivity index (χ4n) is 2.24. The summed E-state index contributed by atoms with van der Waals surface area (Å²) in [6.07, 6.45) is 0. The van der Waals surface area contributed by atoms with E-state index in [2.05, 4.69) is 28.2 Å². The second kappa shape index (κ2) is 6.68. The van der Waals surface area contributed by atoms with E-state index in [-0.39, 0.29) is 5.91 Å². The average molecular weight is 288 g/mol. The van der Waals surface area contributed by atoms with Crippen LogP contribution in [0.3, 0.4) is 0 Å². The molecule has 1 amide bonds. The Labute approximate surface area is 124 Å². The van der Waals surface area contributed by atoms with E-state index < -0.39 is 0 Å². The Bertz CT molecular complexity index is 558. The van der Waals surface area contributed by atoms with Gasteiger partial charge in [-0.3, -0.25) is 9.69 Å². The number of likely N-dealkylation sites (N-methyl/N-ethyl adjacent to an activating group) is 1. The molecule has 4 heteroatoms. The van der Waals surface area contributed by atoms with Crippen LogP contribution in [0.2, 0.25) is 0 Å². The molecule has 106 valence electrons. The summed E-state index contributed by atoms with van der Waals surface area (Å²) >= 11 is 1.68. The lowest BCUT2D eigenvalue weighted by Gasteiger charge is -2.16. The summed E-state index contributed by atoms with van der Waals surface area (Å²) < 4.78 is 0. The Morgan fingerprint density at radius 3 is 2.55 bits per heavy atom. The molecule has 2 aromatic rings. The van der Waals surface area contributed by atoms with Gasteiger partial charge in [0.1, 0.15) is 0 Å². The molecule has 0 radical (unpaired) electrons. The number of amides is 1. The van der Waals surface area contributed by atoms with Gasteiger partial charge in [-0.2, -0.15) is 11.3 Å². The van der Waals surface area contributed by atoms with Crippen molar-refractivity contribution in [1.29, 1.82) is 0 Å². The molecule has 0 spiro atoms. The van der Waals surface area contributed by atoms with Gasteiger partial charge >= 0.3 is 0 Å². The maximum Gasteiger partial charge on any atom is 0.238 e. The molecule has 0 fully saturated rings. The van der Waals surface area contributed by atoms with Gasteiger partial charge in [-0.05, 0) is 66.5 Å². The summed E-state index contributed by atoms with van der Waals surface area (Å²) in [7, 11) is 1.96. The summed E-state index contributed by atoms with van der Waals surface area (Å²) in [5.74, 6) is 0.0210. The molecule has 0 unspecified atom stereocenters. The molecule has 0 saturated carbocycles. The van der Waals surface area contributed by atoms with E-state index in [1.807, 2.05) is 37.9 Å². The van der Waals surface area contributed by atoms with Crippen molar-refractivity contribution >= 4 is 22.9 Å². The van der Waals surface area contributed by atoms with Crippen molar-refractivity contribution in [3.8, 4) is 0 Å². The second-order valence-corrected chi connectivity index (χ2v) is 6.01. The first kappa shape index (κ1) is 14.8. The van der Waals surface area contributed by atoms with Crippen LogP contribution in [0.4, 0.5) is 5.69 Å². The number of rotatable bonds is 5. The number of thiophene rings is 1. The van der Waals surface area contributed by atoms with E-state index in [1.54, 1.807) is 11.3 Å². The number of hydrogen-bond donors (Lipinski definition) is 1. The summed E-state index contributed by atoms with van der Waals surface area (Å²) in [4.78, 5) is 14.0. The lowest BCUT2D eigenvalue weighted by Crippen LogP contribution is -2.29. The topological polar surface area (TPSA) is 32.3 Å². The molecular formula is C16H20N2OS. The first-order valence-electron chi connectivity index (χ1n) is 6.61. The van der Waals surface area contributed by atoms with Crippen molar-refractivity contribution in [3.05, 3.63) is 51.7 Å². The number of benzene rings is 1. The molecule has 0 aliphatic carbocycles. The highest BCUT2D eigenvalue weighted by Gasteiger charge is 2.08. The van der Waals surface area contributed by atoms with Gasteiger partial charge in [0.05, 0.1) is 6.54 Å². The molecule has 1 heterocycles. The van der Waals surface area contributed by atoms with Crippen molar-refractivity contribution in [2.75, 3.05) is 18.9 Å². The Hall–Kier alpha value is -1.65. The second-order valence-electron chi connectivity index (χ2n) is 5.23. The first-order valence-corrected chi connectivity index (χ1v) is 7.55. The van der Waals surface area contributed by atoms with Crippen molar-refractivity contribution < 1.29 is 4.79 Å². The number of nitrogens with zero attached hydrogens (tertiary/aromatic N) is 1. The monoisotopic (exact) mass is 288 g/mol. The van der Waals surface area contributed by atoms with Gasteiger partial charge in [-0.15, -0.1) is 0 Å². The van der Waals surface area contributed by atoms with Gasteiger partial charge in [0.15, 0.2) is 0 Å². The van der Waals surface area contributed by atoms with Crippen molar-refractivity contribution in [3.63, 3.8) is 0 Å². The van der Waals surface area contributed by atoms with Crippen LogP contribution >= 0.6 is 11.3 Å². The minimum Gasteiger partial charge on any atom is -0.325 e. The predicted molar refractivity (Wildman–Crippen MR) is 85.2 cm³/mol. The minimum absolute atomic E-state index is 0.0210. The Morgan fingerprint density at radius 1 is 1.25 bits per heavy atom. The molecular weight excluding hydrogens is 268 g/mol. The highest BCUT2D eigenvalue weighted by atomic mass is 32.1. The van der Waals surface area contributed by atoms with Gasteiger partial charge in [0.2, 0.25) is 5.91 Å². The first-order chi connectivity index (χ1) is 9.52. The molecule has 20 heavy (non-hydrogen) atoms. The third-order valence-corrected chi connectivity index (χ3v) is 3.68. The average Bonchev–Trinajstić information content (AvgIpc) is 2.79. The van der Waals surface area contributed by atoms with Crippen LogP contribution < -0.4 is 5.32 Å². The van der Waals surface area contributed by atoms with E-state index in [4.69, 9.17) is 0 Å². The Kier molecular flexibility index (Phi) is 4.93. The largest absolute Gasteiger partial charge is 0.325 e. The lowest BCUT2D eigenvalue weighted by molar-refractivity contribution is -0.117. The number of aryl methyl sites for hydroxylation is 2. The van der Waals surface area contributed by atoms with Crippen LogP contribution in [0.5, 0.6) is 0 Å². The highest BCUT2D eigenvalue weighted by molar-refractivity contribution is 7.07. The van der Waals surface area contributed by atoms with E-state index in [1.165, 1.54) is 5.56 Å². The van der Waals surface area contributed by atoms with E-state index in [9.17, 15) is 4.79 Å². The van der Waals surface area contributed by atoms with Gasteiger partial charge in [-0.25, -0.2) is 0 Å².